The fourth-order valence-corrected chi connectivity index (χ4v) is 2.55. The van der Waals surface area contributed by atoms with Crippen LogP contribution in [0.2, 0.25) is 0 Å². The topological polar surface area (TPSA) is 43.8 Å². The number of hydrogen-bond donors (Lipinski definition) is 1. The lowest BCUT2D eigenvalue weighted by Gasteiger charge is -2.08. The Labute approximate surface area is 131 Å². The number of unbranched alkanes of at least 4 members (excludes halogenated alkanes) is 1. The molecule has 0 aliphatic carbocycles. The van der Waals surface area contributed by atoms with E-state index in [1.807, 2.05) is 18.2 Å². The maximum Gasteiger partial charge on any atom is 0.133 e. The summed E-state index contributed by atoms with van der Waals surface area (Å²) in [6.45, 7) is 2.98. The Balaban J connectivity index is 2.01. The van der Waals surface area contributed by atoms with Gasteiger partial charge in [-0.15, -0.1) is 0 Å². The molecule has 0 saturated heterocycles. The summed E-state index contributed by atoms with van der Waals surface area (Å²) in [5.74, 6) is 1.01. The van der Waals surface area contributed by atoms with E-state index in [1.54, 1.807) is 0 Å². The molecule has 0 unspecified atom stereocenters. The highest BCUT2D eigenvalue weighted by atomic mass is 15.1. The van der Waals surface area contributed by atoms with Gasteiger partial charge < -0.3 is 10.3 Å². The summed E-state index contributed by atoms with van der Waals surface area (Å²) in [5, 5.41) is 0. The SMILES string of the molecule is CCCC=Cc1nc2ccccc2n1Cc1ccc(N)cc1. The van der Waals surface area contributed by atoms with Crippen LogP contribution >= 0.6 is 0 Å². The molecule has 0 fully saturated rings. The molecule has 3 heteroatoms. The summed E-state index contributed by atoms with van der Waals surface area (Å²) in [6, 6.07) is 16.3. The van der Waals surface area contributed by atoms with Gasteiger partial charge in [0.2, 0.25) is 0 Å². The predicted octanol–water partition coefficient (Wildman–Crippen LogP) is 4.48. The lowest BCUT2D eigenvalue weighted by Crippen LogP contribution is -2.02. The molecular weight excluding hydrogens is 270 g/mol. The van der Waals surface area contributed by atoms with Crippen molar-refractivity contribution in [2.75, 3.05) is 5.73 Å². The second-order valence-corrected chi connectivity index (χ2v) is 5.48. The zero-order valence-corrected chi connectivity index (χ0v) is 12.9. The third kappa shape index (κ3) is 3.03. The average Bonchev–Trinajstić information content (AvgIpc) is 2.88. The molecule has 0 spiro atoms. The molecule has 0 saturated carbocycles. The van der Waals surface area contributed by atoms with Gasteiger partial charge in [0.15, 0.2) is 0 Å². The second-order valence-electron chi connectivity index (χ2n) is 5.48. The van der Waals surface area contributed by atoms with Crippen LogP contribution in [0.1, 0.15) is 31.2 Å². The Morgan fingerprint density at radius 3 is 2.64 bits per heavy atom. The molecule has 2 N–H and O–H groups in total. The minimum absolute atomic E-state index is 0.794. The molecule has 0 atom stereocenters. The molecule has 0 aliphatic rings. The van der Waals surface area contributed by atoms with Crippen molar-refractivity contribution in [2.24, 2.45) is 0 Å². The van der Waals surface area contributed by atoms with E-state index in [0.717, 1.165) is 41.9 Å². The maximum absolute atomic E-state index is 5.77. The molecule has 0 bridgehead atoms. The van der Waals surface area contributed by atoms with Crippen LogP contribution in [0, 0.1) is 0 Å². The van der Waals surface area contributed by atoms with Gasteiger partial charge in [-0.05, 0) is 42.3 Å². The van der Waals surface area contributed by atoms with Gasteiger partial charge in [-0.1, -0.05) is 43.7 Å². The fourth-order valence-electron chi connectivity index (χ4n) is 2.55. The summed E-state index contributed by atoms with van der Waals surface area (Å²) in [4.78, 5) is 4.75. The van der Waals surface area contributed by atoms with Crippen LogP contribution in [0.5, 0.6) is 0 Å². The number of anilines is 1. The van der Waals surface area contributed by atoms with Crippen LogP contribution in [0.4, 0.5) is 5.69 Å². The van der Waals surface area contributed by atoms with Crippen LogP contribution in [0.25, 0.3) is 17.1 Å². The number of benzene rings is 2. The number of imidazole rings is 1. The molecule has 2 aromatic carbocycles. The zero-order chi connectivity index (χ0) is 15.4. The maximum atomic E-state index is 5.77. The number of fused-ring (bicyclic) bond motifs is 1. The standard InChI is InChI=1S/C19H21N3/c1-2-3-4-9-19-21-17-7-5-6-8-18(17)22(19)14-15-10-12-16(20)13-11-15/h4-13H,2-3,14,20H2,1H3. The molecule has 22 heavy (non-hydrogen) atoms. The van der Waals surface area contributed by atoms with Gasteiger partial charge in [-0.25, -0.2) is 4.98 Å². The van der Waals surface area contributed by atoms with E-state index in [4.69, 9.17) is 10.7 Å². The van der Waals surface area contributed by atoms with Crippen LogP contribution in [0.3, 0.4) is 0 Å². The number of rotatable bonds is 5. The lowest BCUT2D eigenvalue weighted by atomic mass is 10.2. The van der Waals surface area contributed by atoms with E-state index in [0.29, 0.717) is 0 Å². The van der Waals surface area contributed by atoms with Gasteiger partial charge in [0.05, 0.1) is 11.0 Å². The van der Waals surface area contributed by atoms with E-state index in [-0.39, 0.29) is 0 Å². The van der Waals surface area contributed by atoms with Crippen molar-refractivity contribution in [2.45, 2.75) is 26.3 Å². The summed E-state index contributed by atoms with van der Waals surface area (Å²) in [5.41, 5.74) is 9.99. The van der Waals surface area contributed by atoms with E-state index in [9.17, 15) is 0 Å². The molecular formula is C19H21N3. The number of nitrogens with zero attached hydrogens (tertiary/aromatic N) is 2. The van der Waals surface area contributed by atoms with E-state index < -0.39 is 0 Å². The molecule has 1 heterocycles. The van der Waals surface area contributed by atoms with Crippen molar-refractivity contribution in [3.63, 3.8) is 0 Å². The number of nitrogen functional groups attached to an aromatic ring is 1. The second kappa shape index (κ2) is 6.48. The summed E-state index contributed by atoms with van der Waals surface area (Å²) < 4.78 is 2.26. The lowest BCUT2D eigenvalue weighted by molar-refractivity contribution is 0.812. The van der Waals surface area contributed by atoms with Crippen LogP contribution in [-0.4, -0.2) is 9.55 Å². The first-order valence-electron chi connectivity index (χ1n) is 7.74. The third-order valence-electron chi connectivity index (χ3n) is 3.73. The predicted molar refractivity (Wildman–Crippen MR) is 93.6 cm³/mol. The Morgan fingerprint density at radius 2 is 1.86 bits per heavy atom. The normalized spacial score (nSPS) is 11.5. The van der Waals surface area contributed by atoms with E-state index in [1.165, 1.54) is 5.56 Å². The Bertz CT molecular complexity index is 782. The molecule has 112 valence electrons. The number of nitrogens with two attached hydrogens (primary N) is 1. The van der Waals surface area contributed by atoms with E-state index in [2.05, 4.69) is 54.0 Å². The highest BCUT2D eigenvalue weighted by molar-refractivity contribution is 5.78. The largest absolute Gasteiger partial charge is 0.399 e. The van der Waals surface area contributed by atoms with Gasteiger partial charge in [0.25, 0.3) is 0 Å². The van der Waals surface area contributed by atoms with Gasteiger partial charge in [0, 0.05) is 12.2 Å². The quantitative estimate of drug-likeness (QED) is 0.704. The minimum atomic E-state index is 0.794. The van der Waals surface area contributed by atoms with Crippen LogP contribution < -0.4 is 5.73 Å². The molecule has 3 rings (SSSR count). The first-order valence-corrected chi connectivity index (χ1v) is 7.74. The first kappa shape index (κ1) is 14.4. The monoisotopic (exact) mass is 291 g/mol. The fraction of sp³-hybridized carbons (Fsp3) is 0.211. The Morgan fingerprint density at radius 1 is 1.09 bits per heavy atom. The van der Waals surface area contributed by atoms with Gasteiger partial charge in [-0.3, -0.25) is 0 Å². The van der Waals surface area contributed by atoms with Crippen molar-refractivity contribution >= 4 is 22.8 Å². The average molecular weight is 291 g/mol. The minimum Gasteiger partial charge on any atom is -0.399 e. The van der Waals surface area contributed by atoms with Gasteiger partial charge in [-0.2, -0.15) is 0 Å². The third-order valence-corrected chi connectivity index (χ3v) is 3.73. The summed E-state index contributed by atoms with van der Waals surface area (Å²) in [7, 11) is 0. The van der Waals surface area contributed by atoms with Crippen molar-refractivity contribution in [1.29, 1.82) is 0 Å². The summed E-state index contributed by atoms with van der Waals surface area (Å²) in [6.07, 6.45) is 6.54. The van der Waals surface area contributed by atoms with E-state index >= 15 is 0 Å². The summed E-state index contributed by atoms with van der Waals surface area (Å²) >= 11 is 0. The van der Waals surface area contributed by atoms with Crippen molar-refractivity contribution in [3.8, 4) is 0 Å². The molecule has 1 aromatic heterocycles. The van der Waals surface area contributed by atoms with Crippen molar-refractivity contribution in [1.82, 2.24) is 9.55 Å². The molecule has 3 aromatic rings. The van der Waals surface area contributed by atoms with Crippen LogP contribution in [0.15, 0.2) is 54.6 Å². The zero-order valence-electron chi connectivity index (χ0n) is 12.9. The van der Waals surface area contributed by atoms with Crippen molar-refractivity contribution < 1.29 is 0 Å². The number of para-hydroxylation sites is 2. The highest BCUT2D eigenvalue weighted by Crippen LogP contribution is 2.19. The molecule has 0 radical (unpaired) electrons. The number of hydrogen-bond acceptors (Lipinski definition) is 2. The van der Waals surface area contributed by atoms with Crippen molar-refractivity contribution in [3.05, 3.63) is 66.0 Å². The molecule has 3 nitrogen and oxygen atoms in total. The molecule has 0 aliphatic heterocycles. The van der Waals surface area contributed by atoms with Crippen LogP contribution in [-0.2, 0) is 6.54 Å². The Kier molecular flexibility index (Phi) is 4.24. The Hall–Kier alpha value is -2.55. The number of aromatic nitrogens is 2. The number of allylic oxidation sites excluding steroid dienone is 1. The van der Waals surface area contributed by atoms with Gasteiger partial charge in [0.1, 0.15) is 5.82 Å². The van der Waals surface area contributed by atoms with Gasteiger partial charge >= 0.3 is 0 Å². The first-order chi connectivity index (χ1) is 10.8. The highest BCUT2D eigenvalue weighted by Gasteiger charge is 2.08. The smallest absolute Gasteiger partial charge is 0.133 e. The molecule has 0 amide bonds.